The molecule has 0 spiro atoms. The van der Waals surface area contributed by atoms with Gasteiger partial charge in [-0.25, -0.2) is 4.79 Å². The first-order chi connectivity index (χ1) is 10.0. The number of pyridine rings is 1. The first-order valence-corrected chi connectivity index (χ1v) is 6.66. The van der Waals surface area contributed by atoms with Crippen LogP contribution in [-0.4, -0.2) is 15.6 Å². The quantitative estimate of drug-likeness (QED) is 0.938. The van der Waals surface area contributed by atoms with Gasteiger partial charge in [-0.2, -0.15) is 0 Å². The van der Waals surface area contributed by atoms with E-state index in [1.54, 1.807) is 19.9 Å². The summed E-state index contributed by atoms with van der Waals surface area (Å²) in [7, 11) is 0. The van der Waals surface area contributed by atoms with E-state index in [1.165, 1.54) is 4.57 Å². The summed E-state index contributed by atoms with van der Waals surface area (Å²) in [4.78, 5) is 23.4. The average Bonchev–Trinajstić information content (AvgIpc) is 2.42. The maximum atomic E-state index is 12.2. The van der Waals surface area contributed by atoms with Crippen molar-refractivity contribution in [3.05, 3.63) is 75.2 Å². The molecule has 2 aromatic rings. The molecule has 0 amide bonds. The van der Waals surface area contributed by atoms with Gasteiger partial charge in [-0.3, -0.25) is 4.79 Å². The van der Waals surface area contributed by atoms with Gasteiger partial charge >= 0.3 is 5.97 Å². The highest BCUT2D eigenvalue weighted by molar-refractivity contribution is 5.88. The second kappa shape index (κ2) is 6.22. The number of benzene rings is 1. The van der Waals surface area contributed by atoms with Gasteiger partial charge in [-0.05, 0) is 31.0 Å². The average molecular weight is 283 g/mol. The minimum absolute atomic E-state index is 0.159. The van der Waals surface area contributed by atoms with Crippen molar-refractivity contribution >= 4 is 12.0 Å². The summed E-state index contributed by atoms with van der Waals surface area (Å²) in [5, 5.41) is 9.13. The van der Waals surface area contributed by atoms with E-state index in [9.17, 15) is 9.59 Å². The first-order valence-electron chi connectivity index (χ1n) is 6.66. The molecular formula is C17H17NO3. The molecule has 108 valence electrons. The van der Waals surface area contributed by atoms with Crippen LogP contribution in [0.1, 0.15) is 27.2 Å². The third kappa shape index (κ3) is 3.28. The number of carboxylic acid groups (broad SMARTS) is 1. The molecule has 0 aliphatic rings. The molecule has 21 heavy (non-hydrogen) atoms. The number of carbonyl (C=O) groups is 1. The van der Waals surface area contributed by atoms with E-state index in [4.69, 9.17) is 5.11 Å². The minimum atomic E-state index is -1.18. The van der Waals surface area contributed by atoms with E-state index in [1.807, 2.05) is 42.5 Å². The molecule has 1 heterocycles. The molecule has 0 atom stereocenters. The molecule has 4 nitrogen and oxygen atoms in total. The van der Waals surface area contributed by atoms with Gasteiger partial charge in [0.1, 0.15) is 5.56 Å². The Kier molecular flexibility index (Phi) is 4.38. The van der Waals surface area contributed by atoms with Gasteiger partial charge in [0.15, 0.2) is 0 Å². The van der Waals surface area contributed by atoms with E-state index < -0.39 is 11.5 Å². The normalized spacial score (nSPS) is 11.0. The lowest BCUT2D eigenvalue weighted by atomic mass is 10.1. The number of hydrogen-bond acceptors (Lipinski definition) is 2. The van der Waals surface area contributed by atoms with Crippen LogP contribution >= 0.6 is 0 Å². The molecule has 4 heteroatoms. The number of aromatic nitrogens is 1. The number of aryl methyl sites for hydroxylation is 2. The lowest BCUT2D eigenvalue weighted by molar-refractivity contribution is 0.0693. The molecule has 0 saturated carbocycles. The predicted molar refractivity (Wildman–Crippen MR) is 82.6 cm³/mol. The van der Waals surface area contributed by atoms with Crippen molar-refractivity contribution in [1.82, 2.24) is 4.57 Å². The lowest BCUT2D eigenvalue weighted by Gasteiger charge is -2.10. The molecule has 2 rings (SSSR count). The number of allylic oxidation sites excluding steroid dienone is 1. The van der Waals surface area contributed by atoms with Gasteiger partial charge in [-0.15, -0.1) is 0 Å². The highest BCUT2D eigenvalue weighted by atomic mass is 16.4. The maximum absolute atomic E-state index is 12.2. The standard InChI is InChI=1S/C17H17NO3/c1-12-11-13(2)18(16(19)15(12)17(20)21)10-6-9-14-7-4-3-5-8-14/h3-9,11H,10H2,1-2H3,(H,20,21). The van der Waals surface area contributed by atoms with Crippen LogP contribution in [0.2, 0.25) is 0 Å². The Morgan fingerprint density at radius 1 is 1.24 bits per heavy atom. The Hall–Kier alpha value is -2.62. The van der Waals surface area contributed by atoms with Crippen molar-refractivity contribution < 1.29 is 9.90 Å². The van der Waals surface area contributed by atoms with E-state index in [0.29, 0.717) is 12.1 Å². The van der Waals surface area contributed by atoms with Crippen LogP contribution in [-0.2, 0) is 6.54 Å². The van der Waals surface area contributed by atoms with Crippen LogP contribution in [0.4, 0.5) is 0 Å². The lowest BCUT2D eigenvalue weighted by Crippen LogP contribution is -2.28. The topological polar surface area (TPSA) is 59.3 Å². The zero-order valence-electron chi connectivity index (χ0n) is 12.0. The largest absolute Gasteiger partial charge is 0.477 e. The van der Waals surface area contributed by atoms with Crippen LogP contribution in [0, 0.1) is 13.8 Å². The number of aromatic carboxylic acids is 1. The number of nitrogens with zero attached hydrogens (tertiary/aromatic N) is 1. The van der Waals surface area contributed by atoms with Gasteiger partial charge in [0.05, 0.1) is 0 Å². The van der Waals surface area contributed by atoms with E-state index in [-0.39, 0.29) is 5.56 Å². The summed E-state index contributed by atoms with van der Waals surface area (Å²) in [6.45, 7) is 3.79. The summed E-state index contributed by atoms with van der Waals surface area (Å²) in [6.07, 6.45) is 3.76. The van der Waals surface area contributed by atoms with Crippen LogP contribution < -0.4 is 5.56 Å². The van der Waals surface area contributed by atoms with E-state index in [0.717, 1.165) is 11.3 Å². The van der Waals surface area contributed by atoms with Gasteiger partial charge < -0.3 is 9.67 Å². The second-order valence-electron chi connectivity index (χ2n) is 4.88. The van der Waals surface area contributed by atoms with Gasteiger partial charge in [0.25, 0.3) is 5.56 Å². The van der Waals surface area contributed by atoms with Crippen molar-refractivity contribution in [2.75, 3.05) is 0 Å². The Bertz CT molecular complexity index is 743. The van der Waals surface area contributed by atoms with Gasteiger partial charge in [0.2, 0.25) is 0 Å². The number of hydrogen-bond donors (Lipinski definition) is 1. The summed E-state index contributed by atoms with van der Waals surface area (Å²) >= 11 is 0. The van der Waals surface area contributed by atoms with E-state index in [2.05, 4.69) is 0 Å². The number of carboxylic acids is 1. The third-order valence-electron chi connectivity index (χ3n) is 3.32. The van der Waals surface area contributed by atoms with Crippen LogP contribution in [0.25, 0.3) is 6.08 Å². The molecule has 0 unspecified atom stereocenters. The Labute approximate surface area is 123 Å². The fraction of sp³-hybridized carbons (Fsp3) is 0.176. The fourth-order valence-electron chi connectivity index (χ4n) is 2.27. The Morgan fingerprint density at radius 2 is 1.90 bits per heavy atom. The zero-order valence-corrected chi connectivity index (χ0v) is 12.0. The first kappa shape index (κ1) is 14.8. The number of rotatable bonds is 4. The molecule has 1 N–H and O–H groups in total. The van der Waals surface area contributed by atoms with E-state index >= 15 is 0 Å². The minimum Gasteiger partial charge on any atom is -0.477 e. The van der Waals surface area contributed by atoms with Crippen LogP contribution in [0.5, 0.6) is 0 Å². The monoisotopic (exact) mass is 283 g/mol. The Morgan fingerprint density at radius 3 is 2.52 bits per heavy atom. The summed E-state index contributed by atoms with van der Waals surface area (Å²) in [6, 6.07) is 11.5. The maximum Gasteiger partial charge on any atom is 0.341 e. The highest BCUT2D eigenvalue weighted by Gasteiger charge is 2.15. The van der Waals surface area contributed by atoms with Crippen molar-refractivity contribution in [3.8, 4) is 0 Å². The molecule has 1 aromatic carbocycles. The summed E-state index contributed by atoms with van der Waals surface area (Å²) in [5.41, 5.74) is 1.66. The molecule has 0 aliphatic carbocycles. The SMILES string of the molecule is Cc1cc(C)n(CC=Cc2ccccc2)c(=O)c1C(=O)O. The molecule has 0 fully saturated rings. The predicted octanol–water partition coefficient (Wildman–Crippen LogP) is 2.88. The molecule has 0 bridgehead atoms. The van der Waals surface area contributed by atoms with Crippen molar-refractivity contribution in [1.29, 1.82) is 0 Å². The third-order valence-corrected chi connectivity index (χ3v) is 3.32. The summed E-state index contributed by atoms with van der Waals surface area (Å²) in [5.74, 6) is -1.18. The van der Waals surface area contributed by atoms with Crippen molar-refractivity contribution in [2.45, 2.75) is 20.4 Å². The molecule has 0 aliphatic heterocycles. The Balaban J connectivity index is 2.33. The van der Waals surface area contributed by atoms with Crippen molar-refractivity contribution in [2.24, 2.45) is 0 Å². The van der Waals surface area contributed by atoms with Crippen LogP contribution in [0.3, 0.4) is 0 Å². The zero-order chi connectivity index (χ0) is 15.4. The van der Waals surface area contributed by atoms with Crippen LogP contribution in [0.15, 0.2) is 47.3 Å². The highest BCUT2D eigenvalue weighted by Crippen LogP contribution is 2.07. The molecular weight excluding hydrogens is 266 g/mol. The molecule has 1 aromatic heterocycles. The second-order valence-corrected chi connectivity index (χ2v) is 4.88. The van der Waals surface area contributed by atoms with Gasteiger partial charge in [-0.1, -0.05) is 42.5 Å². The smallest absolute Gasteiger partial charge is 0.341 e. The summed E-state index contributed by atoms with van der Waals surface area (Å²) < 4.78 is 1.47. The molecule has 0 saturated heterocycles. The van der Waals surface area contributed by atoms with Gasteiger partial charge in [0, 0.05) is 12.2 Å². The van der Waals surface area contributed by atoms with Crippen molar-refractivity contribution in [3.63, 3.8) is 0 Å². The fourth-order valence-corrected chi connectivity index (χ4v) is 2.27. The molecule has 0 radical (unpaired) electrons.